The molecular formula is C11H22N2O2. The molecule has 0 aromatic rings. The molecule has 1 unspecified atom stereocenters. The predicted molar refractivity (Wildman–Crippen MR) is 59.6 cm³/mol. The smallest absolute Gasteiger partial charge is 0.239 e. The first-order chi connectivity index (χ1) is 7.06. The van der Waals surface area contributed by atoms with Crippen molar-refractivity contribution in [1.82, 2.24) is 10.2 Å². The van der Waals surface area contributed by atoms with Crippen molar-refractivity contribution in [2.45, 2.75) is 51.3 Å². The number of rotatable bonds is 4. The molecule has 0 spiro atoms. The SMILES string of the molecule is CCN(C)C(=O)C(C)N[C@H]1CCC[C@@H]1O. The van der Waals surface area contributed by atoms with Crippen LogP contribution >= 0.6 is 0 Å². The normalized spacial score (nSPS) is 27.7. The van der Waals surface area contributed by atoms with Crippen molar-refractivity contribution in [2.75, 3.05) is 13.6 Å². The molecule has 3 atom stereocenters. The number of carbonyl (C=O) groups excluding carboxylic acids is 1. The topological polar surface area (TPSA) is 52.6 Å². The van der Waals surface area contributed by atoms with E-state index in [-0.39, 0.29) is 24.1 Å². The third kappa shape index (κ3) is 3.18. The molecule has 88 valence electrons. The molecule has 1 amide bonds. The van der Waals surface area contributed by atoms with Gasteiger partial charge in [0.15, 0.2) is 0 Å². The predicted octanol–water partition coefficient (Wildman–Crippen LogP) is 0.356. The van der Waals surface area contributed by atoms with Gasteiger partial charge in [-0.05, 0) is 33.1 Å². The van der Waals surface area contributed by atoms with Gasteiger partial charge in [-0.2, -0.15) is 0 Å². The van der Waals surface area contributed by atoms with Gasteiger partial charge in [0, 0.05) is 19.6 Å². The molecule has 4 heteroatoms. The number of carbonyl (C=O) groups is 1. The minimum atomic E-state index is -0.285. The van der Waals surface area contributed by atoms with E-state index in [1.165, 1.54) is 0 Å². The van der Waals surface area contributed by atoms with Crippen molar-refractivity contribution in [3.63, 3.8) is 0 Å². The number of nitrogens with one attached hydrogen (secondary N) is 1. The van der Waals surface area contributed by atoms with E-state index in [2.05, 4.69) is 5.32 Å². The van der Waals surface area contributed by atoms with Gasteiger partial charge in [-0.1, -0.05) is 0 Å². The third-order valence-electron chi connectivity index (χ3n) is 3.16. The second-order valence-electron chi connectivity index (χ2n) is 4.35. The Bertz CT molecular complexity index is 221. The molecule has 0 bridgehead atoms. The van der Waals surface area contributed by atoms with Crippen molar-refractivity contribution in [2.24, 2.45) is 0 Å². The standard InChI is InChI=1S/C11H22N2O2/c1-4-13(3)11(15)8(2)12-9-6-5-7-10(9)14/h8-10,12,14H,4-7H2,1-3H3/t8?,9-,10-/m0/s1. The molecule has 1 rings (SSSR count). The second kappa shape index (κ2) is 5.47. The Labute approximate surface area is 91.6 Å². The van der Waals surface area contributed by atoms with Gasteiger partial charge in [0.05, 0.1) is 12.1 Å². The summed E-state index contributed by atoms with van der Waals surface area (Å²) in [7, 11) is 1.80. The molecule has 1 fully saturated rings. The first-order valence-electron chi connectivity index (χ1n) is 5.75. The Morgan fingerprint density at radius 2 is 2.27 bits per heavy atom. The maximum absolute atomic E-state index is 11.8. The number of aliphatic hydroxyl groups excluding tert-OH is 1. The summed E-state index contributed by atoms with van der Waals surface area (Å²) < 4.78 is 0. The van der Waals surface area contributed by atoms with Crippen molar-refractivity contribution in [3.05, 3.63) is 0 Å². The fraction of sp³-hybridized carbons (Fsp3) is 0.909. The van der Waals surface area contributed by atoms with E-state index in [4.69, 9.17) is 0 Å². The van der Waals surface area contributed by atoms with Crippen LogP contribution in [0.1, 0.15) is 33.1 Å². The van der Waals surface area contributed by atoms with Crippen molar-refractivity contribution < 1.29 is 9.90 Å². The number of hydrogen-bond acceptors (Lipinski definition) is 3. The lowest BCUT2D eigenvalue weighted by Crippen LogP contribution is -2.49. The highest BCUT2D eigenvalue weighted by molar-refractivity contribution is 5.81. The number of amides is 1. The zero-order valence-electron chi connectivity index (χ0n) is 9.86. The maximum Gasteiger partial charge on any atom is 0.239 e. The zero-order valence-corrected chi connectivity index (χ0v) is 9.86. The summed E-state index contributed by atoms with van der Waals surface area (Å²) in [5.41, 5.74) is 0. The van der Waals surface area contributed by atoms with E-state index in [9.17, 15) is 9.90 Å². The van der Waals surface area contributed by atoms with E-state index < -0.39 is 0 Å². The van der Waals surface area contributed by atoms with Crippen molar-refractivity contribution in [1.29, 1.82) is 0 Å². The first-order valence-corrected chi connectivity index (χ1v) is 5.75. The zero-order chi connectivity index (χ0) is 11.4. The lowest BCUT2D eigenvalue weighted by atomic mass is 10.1. The Balaban J connectivity index is 2.40. The molecule has 4 nitrogen and oxygen atoms in total. The summed E-state index contributed by atoms with van der Waals surface area (Å²) in [6.45, 7) is 4.53. The van der Waals surface area contributed by atoms with E-state index in [1.807, 2.05) is 13.8 Å². The molecular weight excluding hydrogens is 192 g/mol. The Morgan fingerprint density at radius 3 is 2.73 bits per heavy atom. The minimum absolute atomic E-state index is 0.0919. The van der Waals surface area contributed by atoms with E-state index >= 15 is 0 Å². The van der Waals surface area contributed by atoms with Crippen LogP contribution in [0.3, 0.4) is 0 Å². The van der Waals surface area contributed by atoms with Gasteiger partial charge in [0.1, 0.15) is 0 Å². The minimum Gasteiger partial charge on any atom is -0.392 e. The van der Waals surface area contributed by atoms with Crippen LogP contribution in [0.2, 0.25) is 0 Å². The average molecular weight is 214 g/mol. The van der Waals surface area contributed by atoms with Crippen LogP contribution in [-0.2, 0) is 4.79 Å². The first kappa shape index (κ1) is 12.5. The highest BCUT2D eigenvalue weighted by Gasteiger charge is 2.28. The van der Waals surface area contributed by atoms with E-state index in [1.54, 1.807) is 11.9 Å². The lowest BCUT2D eigenvalue weighted by Gasteiger charge is -2.25. The van der Waals surface area contributed by atoms with Gasteiger partial charge in [-0.25, -0.2) is 0 Å². The Hall–Kier alpha value is -0.610. The lowest BCUT2D eigenvalue weighted by molar-refractivity contribution is -0.131. The molecule has 0 aromatic heterocycles. The van der Waals surface area contributed by atoms with Gasteiger partial charge in [-0.3, -0.25) is 4.79 Å². The monoisotopic (exact) mass is 214 g/mol. The average Bonchev–Trinajstić information content (AvgIpc) is 2.62. The van der Waals surface area contributed by atoms with Gasteiger partial charge in [0.2, 0.25) is 5.91 Å². The molecule has 1 aliphatic carbocycles. The molecule has 1 saturated carbocycles. The second-order valence-corrected chi connectivity index (χ2v) is 4.35. The van der Waals surface area contributed by atoms with Crippen LogP contribution in [0.25, 0.3) is 0 Å². The Kier molecular flexibility index (Phi) is 4.54. The van der Waals surface area contributed by atoms with Crippen molar-refractivity contribution >= 4 is 5.91 Å². The van der Waals surface area contributed by atoms with Gasteiger partial charge >= 0.3 is 0 Å². The maximum atomic E-state index is 11.8. The highest BCUT2D eigenvalue weighted by Crippen LogP contribution is 2.19. The fourth-order valence-corrected chi connectivity index (χ4v) is 2.01. The molecule has 0 aliphatic heterocycles. The van der Waals surface area contributed by atoms with Gasteiger partial charge in [-0.15, -0.1) is 0 Å². The number of likely N-dealkylation sites (N-methyl/N-ethyl adjacent to an activating group) is 1. The van der Waals surface area contributed by atoms with E-state index in [0.29, 0.717) is 0 Å². The van der Waals surface area contributed by atoms with Crippen LogP contribution < -0.4 is 5.32 Å². The van der Waals surface area contributed by atoms with Crippen LogP contribution in [0.5, 0.6) is 0 Å². The van der Waals surface area contributed by atoms with E-state index in [0.717, 1.165) is 25.8 Å². The molecule has 2 N–H and O–H groups in total. The summed E-state index contributed by atoms with van der Waals surface area (Å²) in [5, 5.41) is 12.8. The summed E-state index contributed by atoms with van der Waals surface area (Å²) in [4.78, 5) is 13.4. The summed E-state index contributed by atoms with van der Waals surface area (Å²) in [6.07, 6.45) is 2.58. The Morgan fingerprint density at radius 1 is 1.60 bits per heavy atom. The number of nitrogens with zero attached hydrogens (tertiary/aromatic N) is 1. The fourth-order valence-electron chi connectivity index (χ4n) is 2.01. The van der Waals surface area contributed by atoms with Crippen LogP contribution in [0.15, 0.2) is 0 Å². The molecule has 15 heavy (non-hydrogen) atoms. The van der Waals surface area contributed by atoms with Gasteiger partial charge < -0.3 is 15.3 Å². The van der Waals surface area contributed by atoms with Crippen molar-refractivity contribution in [3.8, 4) is 0 Å². The highest BCUT2D eigenvalue weighted by atomic mass is 16.3. The molecule has 0 radical (unpaired) electrons. The van der Waals surface area contributed by atoms with Gasteiger partial charge in [0.25, 0.3) is 0 Å². The van der Waals surface area contributed by atoms with Crippen LogP contribution in [-0.4, -0.2) is 47.7 Å². The molecule has 1 aliphatic rings. The third-order valence-corrected chi connectivity index (χ3v) is 3.16. The molecule has 0 saturated heterocycles. The van der Waals surface area contributed by atoms with Crippen LogP contribution in [0, 0.1) is 0 Å². The molecule has 0 aromatic carbocycles. The van der Waals surface area contributed by atoms with Crippen LogP contribution in [0.4, 0.5) is 0 Å². The quantitative estimate of drug-likeness (QED) is 0.710. The summed E-state index contributed by atoms with van der Waals surface area (Å²) in [5.74, 6) is 0.0941. The summed E-state index contributed by atoms with van der Waals surface area (Å²) in [6, 6.07) is -0.109. The largest absolute Gasteiger partial charge is 0.392 e. The number of hydrogen-bond donors (Lipinski definition) is 2. The number of aliphatic hydroxyl groups is 1. The summed E-state index contributed by atoms with van der Waals surface area (Å²) >= 11 is 0. The molecule has 0 heterocycles.